The standard InChI is InChI=1S/C30H40N4O.3ClH/c1-21-12-13-25-27(33-21)18-32-20-30(25)19-31-17-26(30)29(35)34-15-14-24(22-8-4-2-5-9-22)16-28(34)23-10-6-3-7-11-23;;;/h2,4-5,8-9,12-13,23-24,26,28,31-32H,3,6-7,10-11,14-20H2,1H3;3*1H/t24-,26+,28+,30-;;;/m1.../s1. The topological polar surface area (TPSA) is 67.7 Å². The first kappa shape index (κ1) is 31.2. The van der Waals surface area contributed by atoms with E-state index in [9.17, 15) is 4.79 Å². The number of quaternary nitrogens is 2. The Labute approximate surface area is 246 Å². The molecule has 2 saturated heterocycles. The van der Waals surface area contributed by atoms with Gasteiger partial charge in [0, 0.05) is 31.1 Å². The summed E-state index contributed by atoms with van der Waals surface area (Å²) >= 11 is 0. The van der Waals surface area contributed by atoms with Gasteiger partial charge in [0.2, 0.25) is 11.6 Å². The quantitative estimate of drug-likeness (QED) is 0.372. The van der Waals surface area contributed by atoms with Gasteiger partial charge in [0.1, 0.15) is 11.3 Å². The number of carbonyl (C=O) groups is 1. The van der Waals surface area contributed by atoms with Crippen molar-refractivity contribution in [2.24, 2.45) is 11.8 Å². The van der Waals surface area contributed by atoms with E-state index in [4.69, 9.17) is 0 Å². The second-order valence-electron chi connectivity index (χ2n) is 11.8. The second-order valence-corrected chi connectivity index (χ2v) is 11.8. The fourth-order valence-corrected chi connectivity index (χ4v) is 8.07. The molecule has 4 heterocycles. The predicted octanol–water partition coefficient (Wildman–Crippen LogP) is -7.32. The maximum absolute atomic E-state index is 14.5. The van der Waals surface area contributed by atoms with E-state index in [0.717, 1.165) is 45.6 Å². The Morgan fingerprint density at radius 1 is 0.947 bits per heavy atom. The molecule has 5 nitrogen and oxygen atoms in total. The number of aromatic amines is 1. The molecule has 1 amide bonds. The number of fused-ring (bicyclic) bond motifs is 2. The molecular weight excluding hydrogens is 539 g/mol. The van der Waals surface area contributed by atoms with Crippen LogP contribution in [-0.4, -0.2) is 43.0 Å². The van der Waals surface area contributed by atoms with Gasteiger partial charge in [-0.3, -0.25) is 4.79 Å². The van der Waals surface area contributed by atoms with Gasteiger partial charge in [-0.15, -0.1) is 0 Å². The molecular formula is C30H43Cl3N4O. The van der Waals surface area contributed by atoms with Gasteiger partial charge in [-0.2, -0.15) is 0 Å². The van der Waals surface area contributed by atoms with Crippen molar-refractivity contribution in [2.75, 3.05) is 26.2 Å². The van der Waals surface area contributed by atoms with Crippen LogP contribution >= 0.6 is 0 Å². The molecule has 210 valence electrons. The van der Waals surface area contributed by atoms with Crippen LogP contribution < -0.4 is 52.8 Å². The number of carbonyl (C=O) groups excluding carboxylic acids is 1. The Morgan fingerprint density at radius 3 is 2.45 bits per heavy atom. The van der Waals surface area contributed by atoms with Crippen LogP contribution in [0.1, 0.15) is 73.4 Å². The zero-order valence-corrected chi connectivity index (χ0v) is 24.7. The Kier molecular flexibility index (Phi) is 10.9. The van der Waals surface area contributed by atoms with Crippen molar-refractivity contribution in [1.29, 1.82) is 0 Å². The molecule has 4 atom stereocenters. The van der Waals surface area contributed by atoms with Crippen LogP contribution in [0.5, 0.6) is 0 Å². The third kappa shape index (κ3) is 5.74. The summed E-state index contributed by atoms with van der Waals surface area (Å²) in [5.74, 6) is 1.77. The number of nitrogens with zero attached hydrogens (tertiary/aromatic N) is 1. The minimum absolute atomic E-state index is 0. The number of nitrogens with two attached hydrogens (primary N) is 2. The molecule has 2 aromatic rings. The molecule has 1 aromatic carbocycles. The van der Waals surface area contributed by atoms with Crippen molar-refractivity contribution in [2.45, 2.75) is 75.8 Å². The zero-order chi connectivity index (χ0) is 23.8. The zero-order valence-electron chi connectivity index (χ0n) is 22.5. The molecule has 1 spiro atoms. The fraction of sp³-hybridized carbons (Fsp3) is 0.600. The van der Waals surface area contributed by atoms with Crippen LogP contribution in [0.15, 0.2) is 42.5 Å². The number of rotatable bonds is 3. The van der Waals surface area contributed by atoms with Crippen molar-refractivity contribution in [1.82, 2.24) is 4.90 Å². The molecule has 1 aromatic heterocycles. The summed E-state index contributed by atoms with van der Waals surface area (Å²) in [4.78, 5) is 20.6. The van der Waals surface area contributed by atoms with Crippen LogP contribution in [-0.2, 0) is 16.8 Å². The molecule has 0 radical (unpaired) electrons. The molecule has 8 heteroatoms. The summed E-state index contributed by atoms with van der Waals surface area (Å²) in [6.07, 6.45) is 8.85. The average molecular weight is 582 g/mol. The van der Waals surface area contributed by atoms with Gasteiger partial charge in [0.15, 0.2) is 12.2 Å². The van der Waals surface area contributed by atoms with Crippen molar-refractivity contribution in [3.63, 3.8) is 0 Å². The molecule has 6 rings (SSSR count). The minimum Gasteiger partial charge on any atom is -1.00 e. The lowest BCUT2D eigenvalue weighted by Gasteiger charge is -2.46. The van der Waals surface area contributed by atoms with Crippen LogP contribution in [0.4, 0.5) is 0 Å². The summed E-state index contributed by atoms with van der Waals surface area (Å²) in [6.45, 7) is 7.03. The summed E-state index contributed by atoms with van der Waals surface area (Å²) in [6, 6.07) is 16.0. The smallest absolute Gasteiger partial charge is 0.239 e. The van der Waals surface area contributed by atoms with Crippen molar-refractivity contribution < 1.29 is 57.6 Å². The van der Waals surface area contributed by atoms with Crippen LogP contribution in [0.25, 0.3) is 0 Å². The Hall–Kier alpha value is -1.37. The van der Waals surface area contributed by atoms with Gasteiger partial charge >= 0.3 is 0 Å². The van der Waals surface area contributed by atoms with Gasteiger partial charge in [-0.25, -0.2) is 4.98 Å². The number of hydrogen-bond acceptors (Lipinski definition) is 1. The first-order chi connectivity index (χ1) is 17.2. The van der Waals surface area contributed by atoms with E-state index in [0.29, 0.717) is 23.8 Å². The number of likely N-dealkylation sites (tertiary alicyclic amines) is 1. The fourth-order valence-electron chi connectivity index (χ4n) is 8.07. The van der Waals surface area contributed by atoms with Crippen LogP contribution in [0.2, 0.25) is 0 Å². The molecule has 4 aliphatic rings. The van der Waals surface area contributed by atoms with Gasteiger partial charge < -0.3 is 52.8 Å². The first-order valence-electron chi connectivity index (χ1n) is 14.2. The molecule has 1 aliphatic carbocycles. The Morgan fingerprint density at radius 2 is 1.68 bits per heavy atom. The van der Waals surface area contributed by atoms with E-state index in [-0.39, 0.29) is 48.6 Å². The van der Waals surface area contributed by atoms with Gasteiger partial charge in [0.25, 0.3) is 0 Å². The summed E-state index contributed by atoms with van der Waals surface area (Å²) in [5, 5.41) is 4.84. The van der Waals surface area contributed by atoms with Crippen LogP contribution in [0, 0.1) is 18.8 Å². The van der Waals surface area contributed by atoms with E-state index in [1.54, 1.807) is 0 Å². The molecule has 3 fully saturated rings. The summed E-state index contributed by atoms with van der Waals surface area (Å²) in [5.41, 5.74) is 5.36. The second kappa shape index (κ2) is 13.3. The maximum atomic E-state index is 14.5. The van der Waals surface area contributed by atoms with Crippen molar-refractivity contribution in [3.8, 4) is 0 Å². The minimum atomic E-state index is -0.0533. The molecule has 5 N–H and O–H groups in total. The molecule has 0 unspecified atom stereocenters. The number of H-pyrrole nitrogens is 1. The van der Waals surface area contributed by atoms with Gasteiger partial charge in [0.05, 0.1) is 19.6 Å². The number of piperidine rings is 1. The van der Waals surface area contributed by atoms with E-state index in [1.807, 2.05) is 0 Å². The summed E-state index contributed by atoms with van der Waals surface area (Å²) < 4.78 is 0. The normalized spacial score (nSPS) is 29.0. The lowest BCUT2D eigenvalue weighted by Crippen LogP contribution is -3.00. The number of amides is 1. The van der Waals surface area contributed by atoms with E-state index >= 15 is 0 Å². The lowest BCUT2D eigenvalue weighted by molar-refractivity contribution is -0.701. The molecule has 38 heavy (non-hydrogen) atoms. The van der Waals surface area contributed by atoms with E-state index < -0.39 is 0 Å². The number of benzene rings is 1. The van der Waals surface area contributed by atoms with Crippen molar-refractivity contribution >= 4 is 5.91 Å². The van der Waals surface area contributed by atoms with Crippen LogP contribution in [0.3, 0.4) is 0 Å². The highest BCUT2D eigenvalue weighted by atomic mass is 35.5. The highest BCUT2D eigenvalue weighted by Gasteiger charge is 2.58. The summed E-state index contributed by atoms with van der Waals surface area (Å²) in [7, 11) is 0. The first-order valence-corrected chi connectivity index (χ1v) is 14.2. The lowest BCUT2D eigenvalue weighted by atomic mass is 9.68. The van der Waals surface area contributed by atoms with Gasteiger partial charge in [-0.1, -0.05) is 49.6 Å². The number of aromatic nitrogens is 1. The Balaban J connectivity index is 0.00000133. The maximum Gasteiger partial charge on any atom is 0.239 e. The Bertz CT molecular complexity index is 1060. The number of pyridine rings is 1. The molecule has 1 saturated carbocycles. The predicted molar refractivity (Wildman–Crippen MR) is 136 cm³/mol. The largest absolute Gasteiger partial charge is 1.00 e. The van der Waals surface area contributed by atoms with E-state index in [1.165, 1.54) is 54.6 Å². The average Bonchev–Trinajstić information content (AvgIpc) is 3.32. The third-order valence-electron chi connectivity index (χ3n) is 9.84. The highest BCUT2D eigenvalue weighted by molar-refractivity contribution is 5.82. The van der Waals surface area contributed by atoms with Gasteiger partial charge in [-0.05, 0) is 49.1 Å². The van der Waals surface area contributed by atoms with Crippen molar-refractivity contribution in [3.05, 3.63) is 65.0 Å². The SMILES string of the molecule is Cc1ccc2c([nH+]1)C[NH2+]C[C@]21C[NH2+]C[C@H]1C(=O)N1CC[C@@H](c2ccccc2)C[C@H]1C1CCCCC1.[Cl-].[Cl-].[Cl-]. The molecule has 3 aliphatic heterocycles. The molecule has 0 bridgehead atoms. The highest BCUT2D eigenvalue weighted by Crippen LogP contribution is 2.42. The third-order valence-corrected chi connectivity index (χ3v) is 9.84. The number of halogens is 3. The number of nitrogens with one attached hydrogen (secondary N) is 1. The van der Waals surface area contributed by atoms with E-state index in [2.05, 4.69) is 69.9 Å². The number of aryl methyl sites for hydroxylation is 1. The monoisotopic (exact) mass is 580 g/mol. The number of hydrogen-bond donors (Lipinski definition) is 2.